The fourth-order valence-corrected chi connectivity index (χ4v) is 3.03. The molecule has 9 heteroatoms. The molecule has 8 nitrogen and oxygen atoms in total. The SMILES string of the molecule is CCOc1ccc(C(=O)N/N=C/c2ccc(-c3ccc([N+](=O)[O-])cc3Br)o2)cc1. The van der Waals surface area contributed by atoms with E-state index in [1.807, 2.05) is 6.92 Å². The van der Waals surface area contributed by atoms with Crippen molar-refractivity contribution in [2.45, 2.75) is 6.92 Å². The molecule has 2 aromatic carbocycles. The Labute approximate surface area is 174 Å². The summed E-state index contributed by atoms with van der Waals surface area (Å²) in [5, 5.41) is 14.7. The molecule has 1 heterocycles. The average molecular weight is 458 g/mol. The van der Waals surface area contributed by atoms with Crippen molar-refractivity contribution in [3.05, 3.63) is 80.5 Å². The van der Waals surface area contributed by atoms with Gasteiger partial charge >= 0.3 is 0 Å². The van der Waals surface area contributed by atoms with Gasteiger partial charge in [0, 0.05) is 27.7 Å². The van der Waals surface area contributed by atoms with Gasteiger partial charge in [0.2, 0.25) is 0 Å². The van der Waals surface area contributed by atoms with Crippen LogP contribution in [0.5, 0.6) is 5.75 Å². The highest BCUT2D eigenvalue weighted by atomic mass is 79.9. The molecule has 148 valence electrons. The number of hydrogen-bond acceptors (Lipinski definition) is 6. The van der Waals surface area contributed by atoms with Crippen LogP contribution in [0.3, 0.4) is 0 Å². The lowest BCUT2D eigenvalue weighted by atomic mass is 10.1. The number of benzene rings is 2. The predicted octanol–water partition coefficient (Wildman–Crippen LogP) is 4.78. The molecule has 0 saturated carbocycles. The summed E-state index contributed by atoms with van der Waals surface area (Å²) in [5.74, 6) is 1.24. The minimum Gasteiger partial charge on any atom is -0.494 e. The summed E-state index contributed by atoms with van der Waals surface area (Å²) in [6, 6.07) is 14.5. The van der Waals surface area contributed by atoms with E-state index in [1.54, 1.807) is 42.5 Å². The van der Waals surface area contributed by atoms with Crippen molar-refractivity contribution >= 4 is 33.7 Å². The van der Waals surface area contributed by atoms with Crippen molar-refractivity contribution in [2.75, 3.05) is 6.61 Å². The highest BCUT2D eigenvalue weighted by molar-refractivity contribution is 9.10. The lowest BCUT2D eigenvalue weighted by molar-refractivity contribution is -0.384. The maximum Gasteiger partial charge on any atom is 0.271 e. The lowest BCUT2D eigenvalue weighted by Gasteiger charge is -2.03. The molecule has 1 aromatic heterocycles. The van der Waals surface area contributed by atoms with Gasteiger partial charge in [-0.05, 0) is 65.3 Å². The van der Waals surface area contributed by atoms with Crippen LogP contribution in [0.1, 0.15) is 23.0 Å². The van der Waals surface area contributed by atoms with Crippen LogP contribution in [0.25, 0.3) is 11.3 Å². The molecule has 0 fully saturated rings. The largest absolute Gasteiger partial charge is 0.494 e. The van der Waals surface area contributed by atoms with E-state index >= 15 is 0 Å². The minimum atomic E-state index is -0.470. The zero-order chi connectivity index (χ0) is 20.8. The summed E-state index contributed by atoms with van der Waals surface area (Å²) in [7, 11) is 0. The van der Waals surface area contributed by atoms with Crippen molar-refractivity contribution in [2.24, 2.45) is 5.10 Å². The minimum absolute atomic E-state index is 0.0223. The number of rotatable bonds is 7. The Morgan fingerprint density at radius 1 is 1.24 bits per heavy atom. The predicted molar refractivity (Wildman–Crippen MR) is 111 cm³/mol. The van der Waals surface area contributed by atoms with Crippen molar-refractivity contribution in [3.63, 3.8) is 0 Å². The van der Waals surface area contributed by atoms with E-state index in [9.17, 15) is 14.9 Å². The maximum absolute atomic E-state index is 12.1. The van der Waals surface area contributed by atoms with Crippen LogP contribution in [0, 0.1) is 10.1 Å². The molecule has 0 spiro atoms. The molecule has 0 aliphatic carbocycles. The number of halogens is 1. The molecule has 0 aliphatic rings. The number of hydrazone groups is 1. The Balaban J connectivity index is 1.64. The Morgan fingerprint density at radius 2 is 2.00 bits per heavy atom. The van der Waals surface area contributed by atoms with Crippen LogP contribution in [0.2, 0.25) is 0 Å². The molecule has 1 amide bonds. The van der Waals surface area contributed by atoms with Crippen LogP contribution in [0.15, 0.2) is 68.6 Å². The first kappa shape index (κ1) is 20.3. The molecular formula is C20H16BrN3O5. The summed E-state index contributed by atoms with van der Waals surface area (Å²) < 4.78 is 11.5. The zero-order valence-corrected chi connectivity index (χ0v) is 16.9. The molecule has 3 aromatic rings. The standard InChI is InChI=1S/C20H16BrN3O5/c1-2-28-15-6-3-13(4-7-15)20(25)23-22-12-16-8-10-19(29-16)17-9-5-14(24(26)27)11-18(17)21/h3-12H,2H2,1H3,(H,23,25)/b22-12+. The number of furan rings is 1. The molecule has 0 aliphatic heterocycles. The highest BCUT2D eigenvalue weighted by Gasteiger charge is 2.13. The van der Waals surface area contributed by atoms with Crippen molar-refractivity contribution in [1.29, 1.82) is 0 Å². The molecule has 3 rings (SSSR count). The van der Waals surface area contributed by atoms with E-state index in [-0.39, 0.29) is 11.6 Å². The monoisotopic (exact) mass is 457 g/mol. The van der Waals surface area contributed by atoms with E-state index in [2.05, 4.69) is 26.5 Å². The third kappa shape index (κ3) is 5.08. The number of non-ortho nitro benzene ring substituents is 1. The fraction of sp³-hybridized carbons (Fsp3) is 0.100. The van der Waals surface area contributed by atoms with Crippen molar-refractivity contribution < 1.29 is 18.9 Å². The fourth-order valence-electron chi connectivity index (χ4n) is 2.47. The smallest absolute Gasteiger partial charge is 0.271 e. The zero-order valence-electron chi connectivity index (χ0n) is 15.3. The van der Waals surface area contributed by atoms with Gasteiger partial charge in [0.25, 0.3) is 11.6 Å². The van der Waals surface area contributed by atoms with Gasteiger partial charge in [0.15, 0.2) is 0 Å². The van der Waals surface area contributed by atoms with Crippen LogP contribution < -0.4 is 10.2 Å². The molecule has 0 saturated heterocycles. The van der Waals surface area contributed by atoms with E-state index in [0.717, 1.165) is 0 Å². The summed E-state index contributed by atoms with van der Waals surface area (Å²) in [6.45, 7) is 2.44. The maximum atomic E-state index is 12.1. The second kappa shape index (κ2) is 9.16. The Kier molecular flexibility index (Phi) is 6.40. The second-order valence-corrected chi connectivity index (χ2v) is 6.63. The number of nitrogens with one attached hydrogen (secondary N) is 1. The average Bonchev–Trinajstić information content (AvgIpc) is 3.17. The Hall–Kier alpha value is -3.46. The summed E-state index contributed by atoms with van der Waals surface area (Å²) in [6.07, 6.45) is 1.37. The van der Waals surface area contributed by atoms with E-state index in [1.165, 1.54) is 18.3 Å². The van der Waals surface area contributed by atoms with Crippen LogP contribution in [-0.2, 0) is 0 Å². The molecule has 0 radical (unpaired) electrons. The van der Waals surface area contributed by atoms with E-state index in [0.29, 0.717) is 39.5 Å². The van der Waals surface area contributed by atoms with Gasteiger partial charge < -0.3 is 9.15 Å². The first-order valence-corrected chi connectivity index (χ1v) is 9.37. The van der Waals surface area contributed by atoms with Gasteiger partial charge in [-0.1, -0.05) is 0 Å². The second-order valence-electron chi connectivity index (χ2n) is 5.78. The third-order valence-electron chi connectivity index (χ3n) is 3.84. The number of hydrogen-bond donors (Lipinski definition) is 1. The van der Waals surface area contributed by atoms with Crippen LogP contribution >= 0.6 is 15.9 Å². The first-order valence-electron chi connectivity index (χ1n) is 8.58. The molecule has 0 bridgehead atoms. The molecule has 29 heavy (non-hydrogen) atoms. The number of carbonyl (C=O) groups is 1. The molecule has 0 unspecified atom stereocenters. The molecule has 0 atom stereocenters. The third-order valence-corrected chi connectivity index (χ3v) is 4.50. The van der Waals surface area contributed by atoms with Gasteiger partial charge in [0.05, 0.1) is 17.7 Å². The first-order chi connectivity index (χ1) is 14.0. The number of ether oxygens (including phenoxy) is 1. The van der Waals surface area contributed by atoms with Gasteiger partial charge in [-0.15, -0.1) is 0 Å². The molecule has 1 N–H and O–H groups in total. The normalized spacial score (nSPS) is 10.8. The molecular weight excluding hydrogens is 442 g/mol. The Bertz CT molecular complexity index is 1060. The highest BCUT2D eigenvalue weighted by Crippen LogP contribution is 2.32. The van der Waals surface area contributed by atoms with E-state index < -0.39 is 4.92 Å². The van der Waals surface area contributed by atoms with Gasteiger partial charge in [-0.3, -0.25) is 14.9 Å². The van der Waals surface area contributed by atoms with E-state index in [4.69, 9.17) is 9.15 Å². The number of nitro benzene ring substituents is 1. The van der Waals surface area contributed by atoms with Crippen LogP contribution in [0.4, 0.5) is 5.69 Å². The summed E-state index contributed by atoms with van der Waals surface area (Å²) in [5.41, 5.74) is 3.51. The number of amides is 1. The van der Waals surface area contributed by atoms with Crippen molar-refractivity contribution in [1.82, 2.24) is 5.43 Å². The lowest BCUT2D eigenvalue weighted by Crippen LogP contribution is -2.17. The van der Waals surface area contributed by atoms with Gasteiger partial charge in [-0.25, -0.2) is 5.43 Å². The summed E-state index contributed by atoms with van der Waals surface area (Å²) >= 11 is 3.31. The number of nitro groups is 1. The topological polar surface area (TPSA) is 107 Å². The summed E-state index contributed by atoms with van der Waals surface area (Å²) in [4.78, 5) is 22.5. The number of carbonyl (C=O) groups excluding carboxylic acids is 1. The van der Waals surface area contributed by atoms with Gasteiger partial charge in [-0.2, -0.15) is 5.10 Å². The Morgan fingerprint density at radius 3 is 2.66 bits per heavy atom. The number of nitrogens with zero attached hydrogens (tertiary/aromatic N) is 2. The van der Waals surface area contributed by atoms with Crippen molar-refractivity contribution in [3.8, 4) is 17.1 Å². The van der Waals surface area contributed by atoms with Crippen LogP contribution in [-0.4, -0.2) is 23.7 Å². The van der Waals surface area contributed by atoms with Gasteiger partial charge in [0.1, 0.15) is 17.3 Å². The quantitative estimate of drug-likeness (QED) is 0.312.